The highest BCUT2D eigenvalue weighted by Crippen LogP contribution is 2.57. The largest absolute Gasteiger partial charge is 0.459 e. The van der Waals surface area contributed by atoms with E-state index in [0.717, 1.165) is 58.7 Å². The smallest absolute Gasteiger partial charge is 0.297 e. The number of carbonyl (C=O) groups excluding carboxylic acids is 3. The molecule has 1 aromatic carbocycles. The number of para-hydroxylation sites is 1. The summed E-state index contributed by atoms with van der Waals surface area (Å²) in [4.78, 5) is 60.6. The molecule has 0 spiro atoms. The van der Waals surface area contributed by atoms with Crippen molar-refractivity contribution in [1.82, 2.24) is 29.1 Å². The third-order valence-electron chi connectivity index (χ3n) is 13.2. The van der Waals surface area contributed by atoms with Gasteiger partial charge in [0.05, 0.1) is 39.7 Å². The number of amides is 2. The Balaban J connectivity index is 1.13. The van der Waals surface area contributed by atoms with Crippen LogP contribution in [0.2, 0.25) is 0 Å². The second-order valence-corrected chi connectivity index (χ2v) is 23.7. The van der Waals surface area contributed by atoms with E-state index in [1.807, 2.05) is 29.7 Å². The highest BCUT2D eigenvalue weighted by atomic mass is 32.2. The van der Waals surface area contributed by atoms with Gasteiger partial charge in [-0.25, -0.2) is 18.4 Å². The summed E-state index contributed by atoms with van der Waals surface area (Å²) < 4.78 is 37.0. The molecule has 5 atom stereocenters. The van der Waals surface area contributed by atoms with Gasteiger partial charge in [-0.3, -0.25) is 23.7 Å². The Kier molecular flexibility index (Phi) is 12.0. The number of carbonyl (C=O) groups is 3. The predicted molar refractivity (Wildman–Crippen MR) is 245 cm³/mol. The molecule has 0 radical (unpaired) electrons. The van der Waals surface area contributed by atoms with Gasteiger partial charge in [-0.15, -0.1) is 22.7 Å². The van der Waals surface area contributed by atoms with E-state index >= 15 is 4.79 Å². The summed E-state index contributed by atoms with van der Waals surface area (Å²) in [5.41, 5.74) is 3.12. The van der Waals surface area contributed by atoms with Gasteiger partial charge in [-0.05, 0) is 83.3 Å². The van der Waals surface area contributed by atoms with Crippen molar-refractivity contribution in [2.24, 2.45) is 11.3 Å². The van der Waals surface area contributed by atoms with Crippen LogP contribution in [-0.2, 0) is 29.8 Å². The first kappa shape index (κ1) is 44.5. The second kappa shape index (κ2) is 16.8. The molecule has 4 aliphatic rings. The Hall–Kier alpha value is -4.15. The molecule has 2 N–H and O–H groups in total. The van der Waals surface area contributed by atoms with E-state index in [9.17, 15) is 18.0 Å². The van der Waals surface area contributed by atoms with Crippen LogP contribution in [0.1, 0.15) is 143 Å². The lowest BCUT2D eigenvalue weighted by molar-refractivity contribution is -0.139. The van der Waals surface area contributed by atoms with Gasteiger partial charge in [-0.1, -0.05) is 65.7 Å². The first-order valence-corrected chi connectivity index (χ1v) is 25.5. The number of benzene rings is 1. The minimum Gasteiger partial charge on any atom is -0.459 e. The van der Waals surface area contributed by atoms with Gasteiger partial charge in [-0.2, -0.15) is 4.98 Å². The van der Waals surface area contributed by atoms with Crippen LogP contribution in [0.3, 0.4) is 0 Å². The number of allylic oxidation sites excluding steroid dienone is 2. The van der Waals surface area contributed by atoms with E-state index in [2.05, 4.69) is 74.5 Å². The molecule has 16 heteroatoms. The van der Waals surface area contributed by atoms with Crippen molar-refractivity contribution < 1.29 is 27.5 Å². The van der Waals surface area contributed by atoms with E-state index < -0.39 is 44.3 Å². The summed E-state index contributed by atoms with van der Waals surface area (Å²) in [6, 6.07) is 4.86. The number of rotatable bonds is 10. The van der Waals surface area contributed by atoms with Crippen LogP contribution in [-0.4, -0.2) is 79.9 Å². The average molecular weight is 904 g/mol. The van der Waals surface area contributed by atoms with Crippen molar-refractivity contribution in [1.29, 1.82) is 0 Å². The first-order chi connectivity index (χ1) is 29.3. The topological polar surface area (TPSA) is 165 Å². The molecule has 2 aliphatic heterocycles. The van der Waals surface area contributed by atoms with Crippen LogP contribution in [0, 0.1) is 11.3 Å². The van der Waals surface area contributed by atoms with Crippen LogP contribution in [0.4, 0.5) is 5.13 Å². The highest BCUT2D eigenvalue weighted by Gasteiger charge is 2.62. The Morgan fingerprint density at radius 2 is 1.79 bits per heavy atom. The molecule has 334 valence electrons. The fourth-order valence-corrected chi connectivity index (χ4v) is 12.1. The van der Waals surface area contributed by atoms with Gasteiger partial charge in [0, 0.05) is 40.6 Å². The molecule has 3 aromatic heterocycles. The monoisotopic (exact) mass is 903 g/mol. The molecular weight excluding hydrogens is 843 g/mol. The molecule has 13 nitrogen and oxygen atoms in total. The maximum Gasteiger partial charge on any atom is 0.297 e. The number of thiazole rings is 2. The van der Waals surface area contributed by atoms with E-state index in [4.69, 9.17) is 19.7 Å². The van der Waals surface area contributed by atoms with Gasteiger partial charge >= 0.3 is 0 Å². The lowest BCUT2D eigenvalue weighted by Gasteiger charge is -2.29. The van der Waals surface area contributed by atoms with E-state index in [1.54, 1.807) is 23.2 Å². The van der Waals surface area contributed by atoms with Gasteiger partial charge < -0.3 is 15.0 Å². The third-order valence-corrected chi connectivity index (χ3v) is 17.1. The number of anilines is 1. The summed E-state index contributed by atoms with van der Waals surface area (Å²) in [5.74, 6) is -1.15. The van der Waals surface area contributed by atoms with Crippen LogP contribution in [0.25, 0.3) is 21.6 Å². The Labute approximate surface area is 373 Å². The van der Waals surface area contributed by atoms with Gasteiger partial charge in [0.1, 0.15) is 22.7 Å². The second-order valence-electron chi connectivity index (χ2n) is 19.8. The van der Waals surface area contributed by atoms with Crippen molar-refractivity contribution in [2.75, 3.05) is 11.9 Å². The van der Waals surface area contributed by atoms with Crippen molar-refractivity contribution in [3.63, 3.8) is 0 Å². The van der Waals surface area contributed by atoms with Crippen LogP contribution >= 0.6 is 22.7 Å². The van der Waals surface area contributed by atoms with Crippen LogP contribution < -0.4 is 14.8 Å². The number of ketones is 1. The lowest BCUT2D eigenvalue weighted by Crippen LogP contribution is -2.49. The summed E-state index contributed by atoms with van der Waals surface area (Å²) in [6.07, 6.45) is 8.65. The predicted octanol–water partition coefficient (Wildman–Crippen LogP) is 8.93. The maximum absolute atomic E-state index is 15.0. The number of fused-ring (bicyclic) bond motifs is 3. The van der Waals surface area contributed by atoms with E-state index in [0.29, 0.717) is 36.8 Å². The summed E-state index contributed by atoms with van der Waals surface area (Å²) in [7, 11) is -3.94. The van der Waals surface area contributed by atoms with Crippen LogP contribution in [0.15, 0.2) is 41.1 Å². The molecule has 62 heavy (non-hydrogen) atoms. The highest BCUT2D eigenvalue weighted by molar-refractivity contribution is 7.91. The minimum atomic E-state index is -3.94. The van der Waals surface area contributed by atoms with Gasteiger partial charge in [0.2, 0.25) is 21.8 Å². The summed E-state index contributed by atoms with van der Waals surface area (Å²) in [5, 5.41) is 9.09. The van der Waals surface area contributed by atoms with Crippen LogP contribution in [0.5, 0.6) is 6.01 Å². The lowest BCUT2D eigenvalue weighted by atomic mass is 9.91. The average Bonchev–Trinajstić information content (AvgIpc) is 3.71. The maximum atomic E-state index is 15.0. The number of sulfonamides is 1. The zero-order valence-corrected chi connectivity index (χ0v) is 39.6. The number of hydrogen-bond acceptors (Lipinski definition) is 12. The van der Waals surface area contributed by atoms with Gasteiger partial charge in [0.25, 0.3) is 6.01 Å². The molecule has 2 saturated carbocycles. The quantitative estimate of drug-likeness (QED) is 0.147. The van der Waals surface area contributed by atoms with E-state index in [1.165, 1.54) is 11.3 Å². The molecule has 0 unspecified atom stereocenters. The fourth-order valence-electron chi connectivity index (χ4n) is 8.80. The van der Waals surface area contributed by atoms with Crippen molar-refractivity contribution in [2.45, 2.75) is 160 Å². The molecule has 0 bridgehead atoms. The van der Waals surface area contributed by atoms with Crippen molar-refractivity contribution in [3.05, 3.63) is 52.5 Å². The number of imidazole rings is 1. The molecule has 2 aliphatic carbocycles. The van der Waals surface area contributed by atoms with E-state index in [-0.39, 0.29) is 54.4 Å². The molecule has 4 aromatic rings. The Morgan fingerprint density at radius 3 is 2.47 bits per heavy atom. The SMILES string of the molecule is CC(C)c1csc(-c2cccc3c2nc(O[C@@H]2C[C@H]4C(=O)C[C@]5(C(=O)NS(=O)(=O)C6(C)CC6)C[C@H]5/C=C\CCCCC[C@H](Nc5nc(C(C)(C)C)cs5)C(=O)N4C2)n3C(C)C)n1. The normalized spacial score (nSPS) is 26.2. The summed E-state index contributed by atoms with van der Waals surface area (Å²) >= 11 is 3.05. The number of hydrogen-bond donors (Lipinski definition) is 2. The molecule has 1 saturated heterocycles. The summed E-state index contributed by atoms with van der Waals surface area (Å²) in [6.45, 7) is 16.5. The zero-order valence-electron chi connectivity index (χ0n) is 37.2. The Bertz CT molecular complexity index is 2490. The number of ether oxygens (including phenoxy) is 1. The molecule has 5 heterocycles. The molecule has 3 fully saturated rings. The standard InChI is InChI=1S/C46H61N7O6S3/c1-27(2)33-25-60-39(47-33)31-16-14-18-34-38(31)50-43(53(34)28(3)4)59-30-21-35-36(54)23-46(41(56)51-62(57,58)45(8)19-20-45)22-29(46)15-12-10-9-11-13-17-32(40(55)52(35)24-30)48-42-49-37(26-61-42)44(5,6)7/h12,14-16,18,25-30,32,35H,9-11,13,17,19-24H2,1-8H3,(H,48,49)(H,51,56)/b15-12-/t29-,30-,32+,35+,46-/m1/s1. The minimum absolute atomic E-state index is 0.0276. The third kappa shape index (κ3) is 8.72. The number of Topliss-reactive ketones (excluding diaryl/α,β-unsaturated/α-hetero) is 1. The Morgan fingerprint density at radius 1 is 1.02 bits per heavy atom. The molecule has 8 rings (SSSR count). The van der Waals surface area contributed by atoms with Crippen molar-refractivity contribution >= 4 is 66.5 Å². The number of aromatic nitrogens is 4. The van der Waals surface area contributed by atoms with Crippen molar-refractivity contribution in [3.8, 4) is 16.6 Å². The molecule has 2 amide bonds. The molecular formula is C46H61N7O6S3. The number of nitrogens with zero attached hydrogens (tertiary/aromatic N) is 5. The van der Waals surface area contributed by atoms with Gasteiger partial charge in [0.15, 0.2) is 10.9 Å². The first-order valence-electron chi connectivity index (χ1n) is 22.2. The zero-order chi connectivity index (χ0) is 44.4. The fraction of sp³-hybridized carbons (Fsp3) is 0.609. The number of nitrogens with one attached hydrogen (secondary N) is 2.